The Morgan fingerprint density at radius 2 is 2.05 bits per heavy atom. The molecule has 0 unspecified atom stereocenters. The molecule has 1 amide bonds. The first-order chi connectivity index (χ1) is 9.67. The highest BCUT2D eigenvalue weighted by Gasteiger charge is 2.15. The summed E-state index contributed by atoms with van der Waals surface area (Å²) in [5, 5.41) is 4.08. The highest BCUT2D eigenvalue weighted by Crippen LogP contribution is 2.14. The van der Waals surface area contributed by atoms with E-state index in [1.807, 2.05) is 13.0 Å². The van der Waals surface area contributed by atoms with Crippen LogP contribution in [0.3, 0.4) is 0 Å². The zero-order chi connectivity index (χ0) is 14.5. The number of fused-ring (bicyclic) bond motifs is 1. The normalized spacial score (nSPS) is 12.3. The predicted octanol–water partition coefficient (Wildman–Crippen LogP) is 1.68. The Morgan fingerprint density at radius 3 is 2.70 bits per heavy atom. The molecule has 106 valence electrons. The van der Waals surface area contributed by atoms with E-state index < -0.39 is 0 Å². The quantitative estimate of drug-likeness (QED) is 0.871. The number of ether oxygens (including phenoxy) is 1. The van der Waals surface area contributed by atoms with Gasteiger partial charge >= 0.3 is 0 Å². The van der Waals surface area contributed by atoms with Crippen molar-refractivity contribution in [2.75, 3.05) is 13.7 Å². The van der Waals surface area contributed by atoms with E-state index in [4.69, 9.17) is 4.74 Å². The Morgan fingerprint density at radius 1 is 1.35 bits per heavy atom. The van der Waals surface area contributed by atoms with Crippen LogP contribution >= 0.6 is 0 Å². The van der Waals surface area contributed by atoms with Crippen molar-refractivity contribution >= 4 is 16.7 Å². The van der Waals surface area contributed by atoms with Gasteiger partial charge in [-0.2, -0.15) is 0 Å². The van der Waals surface area contributed by atoms with Gasteiger partial charge in [-0.1, -0.05) is 25.1 Å². The van der Waals surface area contributed by atoms with Gasteiger partial charge in [-0.05, 0) is 12.5 Å². The van der Waals surface area contributed by atoms with Gasteiger partial charge in [-0.15, -0.1) is 0 Å². The van der Waals surface area contributed by atoms with E-state index in [0.29, 0.717) is 22.9 Å². The fourth-order valence-corrected chi connectivity index (χ4v) is 2.12. The number of hydrogen-bond acceptors (Lipinski definition) is 3. The Kier molecular flexibility index (Phi) is 4.53. The van der Waals surface area contributed by atoms with Crippen molar-refractivity contribution in [3.8, 4) is 0 Å². The predicted molar refractivity (Wildman–Crippen MR) is 78.0 cm³/mol. The van der Waals surface area contributed by atoms with Crippen molar-refractivity contribution < 1.29 is 9.53 Å². The maximum Gasteiger partial charge on any atom is 0.255 e. The number of H-pyrrole nitrogens is 1. The largest absolute Gasteiger partial charge is 0.383 e. The second-order valence-electron chi connectivity index (χ2n) is 4.61. The molecule has 0 aliphatic heterocycles. The minimum Gasteiger partial charge on any atom is -0.383 e. The smallest absolute Gasteiger partial charge is 0.255 e. The number of methoxy groups -OCH3 is 1. The molecule has 1 atom stereocenters. The Balaban J connectivity index is 2.35. The van der Waals surface area contributed by atoms with Crippen molar-refractivity contribution in [3.63, 3.8) is 0 Å². The van der Waals surface area contributed by atoms with Crippen molar-refractivity contribution in [2.45, 2.75) is 19.4 Å². The van der Waals surface area contributed by atoms with Gasteiger partial charge in [0.2, 0.25) is 0 Å². The van der Waals surface area contributed by atoms with E-state index in [-0.39, 0.29) is 17.5 Å². The van der Waals surface area contributed by atoms with E-state index in [9.17, 15) is 9.59 Å². The van der Waals surface area contributed by atoms with Gasteiger partial charge in [0.1, 0.15) is 0 Å². The molecule has 0 aliphatic rings. The van der Waals surface area contributed by atoms with Gasteiger partial charge in [-0.25, -0.2) is 0 Å². The first-order valence-corrected chi connectivity index (χ1v) is 6.57. The third-order valence-corrected chi connectivity index (χ3v) is 3.25. The lowest BCUT2D eigenvalue weighted by Gasteiger charge is -2.16. The molecule has 0 fully saturated rings. The van der Waals surface area contributed by atoms with E-state index in [0.717, 1.165) is 6.42 Å². The SMILES string of the molecule is CC[C@@H](COC)NC(=O)c1c[nH]c(=O)c2ccccc12. The summed E-state index contributed by atoms with van der Waals surface area (Å²) in [6, 6.07) is 7.02. The molecule has 5 heteroatoms. The summed E-state index contributed by atoms with van der Waals surface area (Å²) in [6.45, 7) is 2.44. The molecule has 0 bridgehead atoms. The van der Waals surface area contributed by atoms with Crippen molar-refractivity contribution in [1.82, 2.24) is 10.3 Å². The summed E-state index contributed by atoms with van der Waals surface area (Å²) in [5.41, 5.74) is 0.274. The molecule has 5 nitrogen and oxygen atoms in total. The number of pyridine rings is 1. The molecule has 1 heterocycles. The maximum atomic E-state index is 12.3. The van der Waals surface area contributed by atoms with Gasteiger partial charge in [-0.3, -0.25) is 9.59 Å². The molecule has 0 saturated carbocycles. The molecule has 1 aromatic heterocycles. The van der Waals surface area contributed by atoms with Crippen LogP contribution in [0.2, 0.25) is 0 Å². The van der Waals surface area contributed by atoms with Crippen LogP contribution in [0, 0.1) is 0 Å². The summed E-state index contributed by atoms with van der Waals surface area (Å²) in [7, 11) is 1.60. The molecular formula is C15H18N2O3. The highest BCUT2D eigenvalue weighted by atomic mass is 16.5. The van der Waals surface area contributed by atoms with E-state index in [2.05, 4.69) is 10.3 Å². The van der Waals surface area contributed by atoms with Gasteiger partial charge < -0.3 is 15.0 Å². The fraction of sp³-hybridized carbons (Fsp3) is 0.333. The molecule has 2 rings (SSSR count). The lowest BCUT2D eigenvalue weighted by Crippen LogP contribution is -2.37. The standard InChI is InChI=1S/C15H18N2O3/c1-3-10(9-20-2)17-15(19)13-8-16-14(18)12-7-5-4-6-11(12)13/h4-8,10H,3,9H2,1-2H3,(H,16,18)(H,17,19)/t10-/m0/s1. The number of benzene rings is 1. The van der Waals surface area contributed by atoms with E-state index in [1.54, 1.807) is 25.3 Å². The highest BCUT2D eigenvalue weighted by molar-refractivity contribution is 6.06. The van der Waals surface area contributed by atoms with Crippen LogP contribution in [0.15, 0.2) is 35.3 Å². The van der Waals surface area contributed by atoms with Gasteiger partial charge in [0.15, 0.2) is 0 Å². The van der Waals surface area contributed by atoms with Crippen LogP contribution in [0.5, 0.6) is 0 Å². The summed E-state index contributed by atoms with van der Waals surface area (Å²) in [5.74, 6) is -0.207. The summed E-state index contributed by atoms with van der Waals surface area (Å²) in [4.78, 5) is 26.7. The Hall–Kier alpha value is -2.14. The van der Waals surface area contributed by atoms with Crippen LogP contribution in [0.1, 0.15) is 23.7 Å². The minimum absolute atomic E-state index is 0.0433. The van der Waals surface area contributed by atoms with Crippen LogP contribution in [0.4, 0.5) is 0 Å². The van der Waals surface area contributed by atoms with E-state index in [1.165, 1.54) is 6.20 Å². The molecule has 0 aliphatic carbocycles. The summed E-state index contributed by atoms with van der Waals surface area (Å²) < 4.78 is 5.07. The molecule has 2 N–H and O–H groups in total. The number of amides is 1. The third-order valence-electron chi connectivity index (χ3n) is 3.25. The van der Waals surface area contributed by atoms with Crippen molar-refractivity contribution in [1.29, 1.82) is 0 Å². The molecule has 20 heavy (non-hydrogen) atoms. The van der Waals surface area contributed by atoms with Crippen LogP contribution < -0.4 is 10.9 Å². The minimum atomic E-state index is -0.207. The van der Waals surface area contributed by atoms with Gasteiger partial charge in [0.25, 0.3) is 11.5 Å². The molecule has 0 spiro atoms. The number of carbonyl (C=O) groups is 1. The molecule has 1 aromatic carbocycles. The maximum absolute atomic E-state index is 12.3. The van der Waals surface area contributed by atoms with Crippen molar-refractivity contribution in [2.24, 2.45) is 0 Å². The lowest BCUT2D eigenvalue weighted by molar-refractivity contribution is 0.0896. The number of hydrogen-bond donors (Lipinski definition) is 2. The summed E-state index contributed by atoms with van der Waals surface area (Å²) >= 11 is 0. The number of rotatable bonds is 5. The molecule has 0 saturated heterocycles. The van der Waals surface area contributed by atoms with Gasteiger partial charge in [0.05, 0.1) is 18.2 Å². The second-order valence-corrected chi connectivity index (χ2v) is 4.61. The Labute approximate surface area is 117 Å². The number of carbonyl (C=O) groups excluding carboxylic acids is 1. The van der Waals surface area contributed by atoms with Crippen LogP contribution in [0.25, 0.3) is 10.8 Å². The zero-order valence-electron chi connectivity index (χ0n) is 11.6. The average molecular weight is 274 g/mol. The molecule has 2 aromatic rings. The van der Waals surface area contributed by atoms with Crippen LogP contribution in [-0.4, -0.2) is 30.6 Å². The number of nitrogens with one attached hydrogen (secondary N) is 2. The number of aromatic amines is 1. The topological polar surface area (TPSA) is 71.2 Å². The summed E-state index contributed by atoms with van der Waals surface area (Å²) in [6.07, 6.45) is 2.24. The monoisotopic (exact) mass is 274 g/mol. The number of aromatic nitrogens is 1. The Bertz CT molecular complexity index is 663. The average Bonchev–Trinajstić information content (AvgIpc) is 2.47. The van der Waals surface area contributed by atoms with E-state index >= 15 is 0 Å². The lowest BCUT2D eigenvalue weighted by atomic mass is 10.1. The molecule has 0 radical (unpaired) electrons. The van der Waals surface area contributed by atoms with Crippen LogP contribution in [-0.2, 0) is 4.74 Å². The first-order valence-electron chi connectivity index (χ1n) is 6.57. The second kappa shape index (κ2) is 6.34. The molecular weight excluding hydrogens is 256 g/mol. The van der Waals surface area contributed by atoms with Crippen molar-refractivity contribution in [3.05, 3.63) is 46.4 Å². The zero-order valence-corrected chi connectivity index (χ0v) is 11.6. The third kappa shape index (κ3) is 2.88. The first kappa shape index (κ1) is 14.3. The fourth-order valence-electron chi connectivity index (χ4n) is 2.12. The van der Waals surface area contributed by atoms with Gasteiger partial charge in [0, 0.05) is 24.1 Å².